The molecule has 138 valence electrons. The van der Waals surface area contributed by atoms with Crippen LogP contribution in [0.15, 0.2) is 54.6 Å². The lowest BCUT2D eigenvalue weighted by molar-refractivity contribution is -0.141. The van der Waals surface area contributed by atoms with Crippen molar-refractivity contribution in [2.24, 2.45) is 0 Å². The van der Waals surface area contributed by atoms with Gasteiger partial charge in [-0.3, -0.25) is 9.59 Å². The van der Waals surface area contributed by atoms with E-state index >= 15 is 0 Å². The molecule has 0 heterocycles. The number of halogens is 1. The zero-order chi connectivity index (χ0) is 18.9. The van der Waals surface area contributed by atoms with Crippen LogP contribution < -0.4 is 5.32 Å². The number of ether oxygens (including phenoxy) is 1. The molecular formula is C20H22ClNO3S. The zero-order valence-corrected chi connectivity index (χ0v) is 16.3. The summed E-state index contributed by atoms with van der Waals surface area (Å²) in [5, 5.41) is 3.17. The average Bonchev–Trinajstić information content (AvgIpc) is 2.66. The summed E-state index contributed by atoms with van der Waals surface area (Å²) in [5.74, 6) is 0.197. The Morgan fingerprint density at radius 1 is 1.12 bits per heavy atom. The van der Waals surface area contributed by atoms with Gasteiger partial charge in [0.15, 0.2) is 0 Å². The summed E-state index contributed by atoms with van der Waals surface area (Å²) in [4.78, 5) is 24.3. The number of hydrogen-bond acceptors (Lipinski definition) is 4. The molecule has 0 fully saturated rings. The van der Waals surface area contributed by atoms with Gasteiger partial charge < -0.3 is 10.1 Å². The molecule has 1 amide bonds. The van der Waals surface area contributed by atoms with Crippen LogP contribution in [-0.4, -0.2) is 24.2 Å². The molecule has 4 nitrogen and oxygen atoms in total. The standard InChI is InChI=1S/C20H22ClNO3S/c1-14(26-13-15-8-4-3-5-9-15)20(24)22-18(12-19(23)25-2)16-10-6-7-11-17(16)21/h3-11,14,18H,12-13H2,1-2H3,(H,22,24). The first kappa shape index (κ1) is 20.3. The van der Waals surface area contributed by atoms with E-state index in [1.54, 1.807) is 30.0 Å². The number of nitrogens with one attached hydrogen (secondary N) is 1. The van der Waals surface area contributed by atoms with Crippen molar-refractivity contribution in [1.82, 2.24) is 5.32 Å². The minimum atomic E-state index is -0.525. The lowest BCUT2D eigenvalue weighted by atomic mass is 10.0. The summed E-state index contributed by atoms with van der Waals surface area (Å²) >= 11 is 7.78. The maximum atomic E-state index is 12.6. The van der Waals surface area contributed by atoms with E-state index in [4.69, 9.17) is 16.3 Å². The maximum absolute atomic E-state index is 12.6. The Bertz CT molecular complexity index is 739. The number of esters is 1. The first-order valence-corrected chi connectivity index (χ1v) is 9.71. The van der Waals surface area contributed by atoms with Crippen LogP contribution in [0.2, 0.25) is 5.02 Å². The SMILES string of the molecule is COC(=O)CC(NC(=O)C(C)SCc1ccccc1)c1ccccc1Cl. The number of rotatable bonds is 8. The number of hydrogen-bond donors (Lipinski definition) is 1. The van der Waals surface area contributed by atoms with Crippen LogP contribution in [0.1, 0.15) is 30.5 Å². The molecule has 0 saturated heterocycles. The van der Waals surface area contributed by atoms with E-state index < -0.39 is 12.0 Å². The molecule has 0 aliphatic rings. The first-order chi connectivity index (χ1) is 12.5. The van der Waals surface area contributed by atoms with Gasteiger partial charge in [-0.1, -0.05) is 60.1 Å². The molecule has 2 aromatic carbocycles. The number of carbonyl (C=O) groups excluding carboxylic acids is 2. The molecule has 26 heavy (non-hydrogen) atoms. The Morgan fingerprint density at radius 2 is 1.77 bits per heavy atom. The summed E-state index contributed by atoms with van der Waals surface area (Å²) in [6.07, 6.45) is 0.0298. The van der Waals surface area contributed by atoms with E-state index in [1.165, 1.54) is 7.11 Å². The van der Waals surface area contributed by atoms with E-state index in [1.807, 2.05) is 43.3 Å². The summed E-state index contributed by atoms with van der Waals surface area (Å²) in [7, 11) is 1.33. The Balaban J connectivity index is 2.03. The van der Waals surface area contributed by atoms with Gasteiger partial charge in [0.25, 0.3) is 0 Å². The predicted molar refractivity (Wildman–Crippen MR) is 106 cm³/mol. The molecule has 2 atom stereocenters. The fraction of sp³-hybridized carbons (Fsp3) is 0.300. The average molecular weight is 392 g/mol. The highest BCUT2D eigenvalue weighted by atomic mass is 35.5. The van der Waals surface area contributed by atoms with Gasteiger partial charge in [-0.15, -0.1) is 11.8 Å². The van der Waals surface area contributed by atoms with Crippen molar-refractivity contribution in [2.45, 2.75) is 30.4 Å². The van der Waals surface area contributed by atoms with E-state index in [0.717, 1.165) is 11.3 Å². The number of benzene rings is 2. The number of amides is 1. The Morgan fingerprint density at radius 3 is 2.42 bits per heavy atom. The lowest BCUT2D eigenvalue weighted by Gasteiger charge is -2.21. The van der Waals surface area contributed by atoms with Gasteiger partial charge in [0, 0.05) is 10.8 Å². The molecular weight excluding hydrogens is 370 g/mol. The van der Waals surface area contributed by atoms with Crippen LogP contribution in [0, 0.1) is 0 Å². The van der Waals surface area contributed by atoms with Crippen molar-refractivity contribution < 1.29 is 14.3 Å². The summed E-state index contributed by atoms with van der Waals surface area (Å²) in [6, 6.07) is 16.6. The van der Waals surface area contributed by atoms with Crippen LogP contribution in [0.25, 0.3) is 0 Å². The van der Waals surface area contributed by atoms with Crippen LogP contribution >= 0.6 is 23.4 Å². The van der Waals surface area contributed by atoms with E-state index in [0.29, 0.717) is 10.6 Å². The molecule has 0 radical (unpaired) electrons. The summed E-state index contributed by atoms with van der Waals surface area (Å²) < 4.78 is 4.75. The molecule has 1 N–H and O–H groups in total. The second-order valence-electron chi connectivity index (χ2n) is 5.80. The Hall–Kier alpha value is -1.98. The molecule has 0 bridgehead atoms. The Labute approximate surface area is 163 Å². The largest absolute Gasteiger partial charge is 0.469 e. The van der Waals surface area contributed by atoms with E-state index in [-0.39, 0.29) is 17.6 Å². The number of methoxy groups -OCH3 is 1. The highest BCUT2D eigenvalue weighted by Gasteiger charge is 2.23. The number of thioether (sulfide) groups is 1. The van der Waals surface area contributed by atoms with Gasteiger partial charge in [0.1, 0.15) is 0 Å². The fourth-order valence-electron chi connectivity index (χ4n) is 2.41. The monoisotopic (exact) mass is 391 g/mol. The lowest BCUT2D eigenvalue weighted by Crippen LogP contribution is -2.35. The molecule has 0 saturated carbocycles. The molecule has 0 aromatic heterocycles. The fourth-order valence-corrected chi connectivity index (χ4v) is 3.53. The van der Waals surface area contributed by atoms with Crippen LogP contribution in [0.4, 0.5) is 0 Å². The smallest absolute Gasteiger partial charge is 0.307 e. The van der Waals surface area contributed by atoms with Crippen molar-refractivity contribution in [2.75, 3.05) is 7.11 Å². The molecule has 0 spiro atoms. The summed E-state index contributed by atoms with van der Waals surface area (Å²) in [5.41, 5.74) is 1.86. The third-order valence-electron chi connectivity index (χ3n) is 3.91. The molecule has 2 aromatic rings. The van der Waals surface area contributed by atoms with Crippen LogP contribution in [0.3, 0.4) is 0 Å². The van der Waals surface area contributed by atoms with Crippen molar-refractivity contribution in [3.05, 3.63) is 70.7 Å². The van der Waals surface area contributed by atoms with Crippen molar-refractivity contribution in [1.29, 1.82) is 0 Å². The summed E-state index contributed by atoms with van der Waals surface area (Å²) in [6.45, 7) is 1.85. The molecule has 0 aliphatic heterocycles. The minimum absolute atomic E-state index is 0.0298. The topological polar surface area (TPSA) is 55.4 Å². The van der Waals surface area contributed by atoms with Gasteiger partial charge in [0.2, 0.25) is 5.91 Å². The number of carbonyl (C=O) groups is 2. The van der Waals surface area contributed by atoms with Gasteiger partial charge in [0.05, 0.1) is 24.8 Å². The van der Waals surface area contributed by atoms with Gasteiger partial charge >= 0.3 is 5.97 Å². The quantitative estimate of drug-likeness (QED) is 0.678. The van der Waals surface area contributed by atoms with Crippen molar-refractivity contribution in [3.63, 3.8) is 0 Å². The van der Waals surface area contributed by atoms with Crippen LogP contribution in [0.5, 0.6) is 0 Å². The third-order valence-corrected chi connectivity index (χ3v) is 5.47. The maximum Gasteiger partial charge on any atom is 0.307 e. The molecule has 2 rings (SSSR count). The third kappa shape index (κ3) is 6.07. The van der Waals surface area contributed by atoms with Gasteiger partial charge in [-0.2, -0.15) is 0 Å². The molecule has 0 aliphatic carbocycles. The normalized spacial score (nSPS) is 12.9. The van der Waals surface area contributed by atoms with Crippen LogP contribution in [-0.2, 0) is 20.1 Å². The second-order valence-corrected chi connectivity index (χ2v) is 7.54. The van der Waals surface area contributed by atoms with Gasteiger partial charge in [-0.25, -0.2) is 0 Å². The van der Waals surface area contributed by atoms with Gasteiger partial charge in [-0.05, 0) is 24.1 Å². The van der Waals surface area contributed by atoms with E-state index in [2.05, 4.69) is 5.32 Å². The highest BCUT2D eigenvalue weighted by molar-refractivity contribution is 7.99. The second kappa shape index (κ2) is 10.2. The van der Waals surface area contributed by atoms with Crippen molar-refractivity contribution in [3.8, 4) is 0 Å². The van der Waals surface area contributed by atoms with E-state index in [9.17, 15) is 9.59 Å². The predicted octanol–water partition coefficient (Wildman–Crippen LogP) is 4.38. The molecule has 6 heteroatoms. The van der Waals surface area contributed by atoms with Crippen molar-refractivity contribution >= 4 is 35.2 Å². The highest BCUT2D eigenvalue weighted by Crippen LogP contribution is 2.26. The zero-order valence-electron chi connectivity index (χ0n) is 14.8. The minimum Gasteiger partial charge on any atom is -0.469 e. The Kier molecular flexibility index (Phi) is 8.01. The molecule has 2 unspecified atom stereocenters. The first-order valence-electron chi connectivity index (χ1n) is 8.28.